The molecule has 0 unspecified atom stereocenters. The lowest BCUT2D eigenvalue weighted by Gasteiger charge is -2.04. The number of halogens is 3. The van der Waals surface area contributed by atoms with Crippen molar-refractivity contribution < 1.29 is 22.7 Å². The molecule has 1 N–H and O–H groups in total. The van der Waals surface area contributed by atoms with E-state index in [1.54, 1.807) is 0 Å². The highest BCUT2D eigenvalue weighted by Gasteiger charge is 2.29. The van der Waals surface area contributed by atoms with E-state index in [1.165, 1.54) is 7.05 Å². The molecule has 0 aliphatic heterocycles. The van der Waals surface area contributed by atoms with Gasteiger partial charge in [0.25, 0.3) is 0 Å². The van der Waals surface area contributed by atoms with E-state index in [0.717, 1.165) is 0 Å². The van der Waals surface area contributed by atoms with Crippen LogP contribution in [0, 0.1) is 0 Å². The Labute approximate surface area is 55.2 Å². The van der Waals surface area contributed by atoms with Gasteiger partial charge in [0, 0.05) is 7.05 Å². The third-order valence-electron chi connectivity index (χ3n) is 0.646. The van der Waals surface area contributed by atoms with Gasteiger partial charge >= 0.3 is 6.36 Å². The molecule has 6 heteroatoms. The van der Waals surface area contributed by atoms with E-state index in [2.05, 4.69) is 4.74 Å². The van der Waals surface area contributed by atoms with Crippen LogP contribution >= 0.6 is 0 Å². The molecule has 0 fully saturated rings. The SMILES string of the molecule is CNC(=O)COC(F)(F)F. The highest BCUT2D eigenvalue weighted by atomic mass is 19.4. The van der Waals surface area contributed by atoms with Gasteiger partial charge < -0.3 is 5.32 Å². The van der Waals surface area contributed by atoms with Gasteiger partial charge in [0.05, 0.1) is 0 Å². The quantitative estimate of drug-likeness (QED) is 0.624. The Kier molecular flexibility index (Phi) is 3.14. The molecule has 1 amide bonds. The Morgan fingerprint density at radius 1 is 1.60 bits per heavy atom. The van der Waals surface area contributed by atoms with Gasteiger partial charge in [-0.2, -0.15) is 0 Å². The molecule has 0 aromatic carbocycles. The third-order valence-corrected chi connectivity index (χ3v) is 0.646. The van der Waals surface area contributed by atoms with Gasteiger partial charge in [-0.3, -0.25) is 9.53 Å². The molecule has 0 aromatic heterocycles. The van der Waals surface area contributed by atoms with E-state index in [1.807, 2.05) is 5.32 Å². The first-order valence-corrected chi connectivity index (χ1v) is 2.37. The van der Waals surface area contributed by atoms with E-state index in [-0.39, 0.29) is 0 Å². The smallest absolute Gasteiger partial charge is 0.357 e. The van der Waals surface area contributed by atoms with Gasteiger partial charge in [-0.25, -0.2) is 0 Å². The molecule has 10 heavy (non-hydrogen) atoms. The standard InChI is InChI=1S/C4H6F3NO2/c1-8-3(9)2-10-4(5,6)7/h2H2,1H3,(H,8,9). The van der Waals surface area contributed by atoms with Crippen molar-refractivity contribution in [3.63, 3.8) is 0 Å². The van der Waals surface area contributed by atoms with Crippen molar-refractivity contribution in [3.05, 3.63) is 0 Å². The van der Waals surface area contributed by atoms with Crippen LogP contribution in [0.3, 0.4) is 0 Å². The molecule has 0 rings (SSSR count). The molecule has 0 aliphatic rings. The van der Waals surface area contributed by atoms with E-state index < -0.39 is 18.9 Å². The minimum Gasteiger partial charge on any atom is -0.357 e. The first kappa shape index (κ1) is 9.22. The van der Waals surface area contributed by atoms with Crippen molar-refractivity contribution in [2.75, 3.05) is 13.7 Å². The number of likely N-dealkylation sites (N-methyl/N-ethyl adjacent to an activating group) is 1. The van der Waals surface area contributed by atoms with Gasteiger partial charge in [0.1, 0.15) is 6.61 Å². The number of hydrogen-bond donors (Lipinski definition) is 1. The summed E-state index contributed by atoms with van der Waals surface area (Å²) in [7, 11) is 1.22. The topological polar surface area (TPSA) is 38.3 Å². The van der Waals surface area contributed by atoms with E-state index in [4.69, 9.17) is 0 Å². The van der Waals surface area contributed by atoms with Crippen LogP contribution in [0.1, 0.15) is 0 Å². The van der Waals surface area contributed by atoms with Crippen LogP contribution in [0.2, 0.25) is 0 Å². The average Bonchev–Trinajstić information content (AvgIpc) is 1.81. The highest BCUT2D eigenvalue weighted by molar-refractivity contribution is 5.76. The molecule has 0 saturated heterocycles. The summed E-state index contributed by atoms with van der Waals surface area (Å²) < 4.78 is 36.6. The predicted molar refractivity (Wildman–Crippen MR) is 26.1 cm³/mol. The second kappa shape index (κ2) is 3.40. The molecule has 3 nitrogen and oxygen atoms in total. The van der Waals surface area contributed by atoms with Crippen molar-refractivity contribution in [2.45, 2.75) is 6.36 Å². The van der Waals surface area contributed by atoms with Gasteiger partial charge in [-0.1, -0.05) is 0 Å². The largest absolute Gasteiger partial charge is 0.523 e. The lowest BCUT2D eigenvalue weighted by atomic mass is 10.7. The second-order valence-electron chi connectivity index (χ2n) is 1.41. The molecule has 0 aliphatic carbocycles. The minimum absolute atomic E-state index is 0.808. The fraction of sp³-hybridized carbons (Fsp3) is 0.750. The summed E-state index contributed by atoms with van der Waals surface area (Å²) in [6.45, 7) is -0.986. The maximum Gasteiger partial charge on any atom is 0.523 e. The van der Waals surface area contributed by atoms with Crippen molar-refractivity contribution in [1.29, 1.82) is 0 Å². The van der Waals surface area contributed by atoms with Crippen LogP contribution in [0.15, 0.2) is 0 Å². The van der Waals surface area contributed by atoms with Crippen LogP contribution in [0.4, 0.5) is 13.2 Å². The summed E-state index contributed by atoms with van der Waals surface area (Å²) in [5.41, 5.74) is 0. The molecule has 0 spiro atoms. The number of nitrogens with one attached hydrogen (secondary N) is 1. The first-order valence-electron chi connectivity index (χ1n) is 2.37. The molecule has 60 valence electrons. The zero-order chi connectivity index (χ0) is 8.20. The number of carbonyl (C=O) groups excluding carboxylic acids is 1. The number of alkyl halides is 3. The highest BCUT2D eigenvalue weighted by Crippen LogP contribution is 2.15. The summed E-state index contributed by atoms with van der Waals surface area (Å²) in [5.74, 6) is -0.808. The molecule has 0 atom stereocenters. The minimum atomic E-state index is -4.73. The van der Waals surface area contributed by atoms with E-state index in [9.17, 15) is 18.0 Å². The van der Waals surface area contributed by atoms with Crippen molar-refractivity contribution in [1.82, 2.24) is 5.32 Å². The van der Waals surface area contributed by atoms with Crippen molar-refractivity contribution in [3.8, 4) is 0 Å². The zero-order valence-corrected chi connectivity index (χ0v) is 5.16. The molecule has 0 heterocycles. The lowest BCUT2D eigenvalue weighted by molar-refractivity contribution is -0.321. The Morgan fingerprint density at radius 3 is 2.40 bits per heavy atom. The van der Waals surface area contributed by atoms with E-state index >= 15 is 0 Å². The molecule has 0 radical (unpaired) electrons. The number of ether oxygens (including phenoxy) is 1. The van der Waals surface area contributed by atoms with Gasteiger partial charge in [-0.05, 0) is 0 Å². The first-order chi connectivity index (χ1) is 4.45. The van der Waals surface area contributed by atoms with Crippen molar-refractivity contribution in [2.24, 2.45) is 0 Å². The number of amides is 1. The van der Waals surface area contributed by atoms with E-state index in [0.29, 0.717) is 0 Å². The lowest BCUT2D eigenvalue weighted by Crippen LogP contribution is -2.27. The summed E-state index contributed by atoms with van der Waals surface area (Å²) in [6.07, 6.45) is -4.73. The number of rotatable bonds is 2. The summed E-state index contributed by atoms with van der Waals surface area (Å²) >= 11 is 0. The molecule has 0 saturated carbocycles. The fourth-order valence-corrected chi connectivity index (χ4v) is 0.220. The average molecular weight is 157 g/mol. The van der Waals surface area contributed by atoms with Crippen LogP contribution in [-0.4, -0.2) is 25.9 Å². The fourth-order valence-electron chi connectivity index (χ4n) is 0.220. The maximum absolute atomic E-state index is 11.2. The molecular formula is C4H6F3NO2. The van der Waals surface area contributed by atoms with Gasteiger partial charge in [-0.15, -0.1) is 13.2 Å². The number of carbonyl (C=O) groups is 1. The Balaban J connectivity index is 3.46. The van der Waals surface area contributed by atoms with Crippen LogP contribution in [-0.2, 0) is 9.53 Å². The molecular weight excluding hydrogens is 151 g/mol. The van der Waals surface area contributed by atoms with Crippen LogP contribution in [0.5, 0.6) is 0 Å². The van der Waals surface area contributed by atoms with Crippen LogP contribution in [0.25, 0.3) is 0 Å². The molecule has 0 aromatic rings. The third kappa shape index (κ3) is 5.36. The summed E-state index contributed by atoms with van der Waals surface area (Å²) in [6, 6.07) is 0. The zero-order valence-electron chi connectivity index (χ0n) is 5.16. The monoisotopic (exact) mass is 157 g/mol. The van der Waals surface area contributed by atoms with Gasteiger partial charge in [0.2, 0.25) is 5.91 Å². The Hall–Kier alpha value is -0.780. The number of hydrogen-bond acceptors (Lipinski definition) is 2. The summed E-state index contributed by atoms with van der Waals surface area (Å²) in [5, 5.41) is 1.97. The predicted octanol–water partition coefficient (Wildman–Crippen LogP) is 0.269. The Morgan fingerprint density at radius 2 is 2.10 bits per heavy atom. The molecule has 0 bridgehead atoms. The summed E-state index contributed by atoms with van der Waals surface area (Å²) in [4.78, 5) is 10.1. The Bertz CT molecular complexity index is 122. The normalized spacial score (nSPS) is 11.2. The van der Waals surface area contributed by atoms with Gasteiger partial charge in [0.15, 0.2) is 0 Å². The second-order valence-corrected chi connectivity index (χ2v) is 1.41. The van der Waals surface area contributed by atoms with Crippen LogP contribution < -0.4 is 5.32 Å². The maximum atomic E-state index is 11.2. The van der Waals surface area contributed by atoms with Crippen molar-refractivity contribution >= 4 is 5.91 Å².